The van der Waals surface area contributed by atoms with Crippen molar-refractivity contribution in [3.05, 3.63) is 11.8 Å². The van der Waals surface area contributed by atoms with E-state index in [1.807, 2.05) is 20.8 Å². The Morgan fingerprint density at radius 2 is 2.00 bits per heavy atom. The fourth-order valence-electron chi connectivity index (χ4n) is 0.888. The van der Waals surface area contributed by atoms with Crippen molar-refractivity contribution < 1.29 is 4.42 Å². The zero-order valence-corrected chi connectivity index (χ0v) is 8.96. The van der Waals surface area contributed by atoms with Crippen molar-refractivity contribution in [1.82, 2.24) is 10.2 Å². The Bertz CT molecular complexity index is 365. The lowest BCUT2D eigenvalue weighted by Gasteiger charge is -2.23. The maximum absolute atomic E-state index is 5.94. The van der Waals surface area contributed by atoms with Gasteiger partial charge in [0.25, 0.3) is 5.89 Å². The minimum atomic E-state index is -0.262. The molecule has 1 aromatic rings. The van der Waals surface area contributed by atoms with E-state index in [1.54, 1.807) is 6.92 Å². The lowest BCUT2D eigenvalue weighted by Crippen LogP contribution is -2.26. The quantitative estimate of drug-likeness (QED) is 0.686. The second-order valence-corrected chi connectivity index (χ2v) is 4.16. The number of hydrogen-bond donors (Lipinski definition) is 1. The molecule has 0 unspecified atom stereocenters. The summed E-state index contributed by atoms with van der Waals surface area (Å²) in [5, 5.41) is 7.63. The van der Waals surface area contributed by atoms with Crippen LogP contribution in [-0.4, -0.2) is 10.2 Å². The van der Waals surface area contributed by atoms with Crippen LogP contribution in [0.3, 0.4) is 0 Å². The van der Waals surface area contributed by atoms with E-state index in [9.17, 15) is 0 Å². The fourth-order valence-corrected chi connectivity index (χ4v) is 0.888. The van der Waals surface area contributed by atoms with Gasteiger partial charge >= 0.3 is 0 Å². The van der Waals surface area contributed by atoms with E-state index in [0.717, 1.165) is 0 Å². The van der Waals surface area contributed by atoms with E-state index >= 15 is 0 Å². The molecule has 0 amide bonds. The number of nitrogens with zero attached hydrogens (tertiary/aromatic N) is 2. The molecule has 4 heteroatoms. The smallest absolute Gasteiger partial charge is 0.293 e. The maximum Gasteiger partial charge on any atom is 0.293 e. The molecule has 1 rings (SSSR count). The highest BCUT2D eigenvalue weighted by Crippen LogP contribution is 2.29. The first-order valence-corrected chi connectivity index (χ1v) is 4.47. The first kappa shape index (κ1) is 10.7. The lowest BCUT2D eigenvalue weighted by atomic mass is 9.87. The molecule has 1 heterocycles. The van der Waals surface area contributed by atoms with Crippen molar-refractivity contribution in [3.63, 3.8) is 0 Å². The van der Waals surface area contributed by atoms with E-state index < -0.39 is 0 Å². The van der Waals surface area contributed by atoms with Gasteiger partial charge < -0.3 is 10.2 Å². The predicted octanol–water partition coefficient (Wildman–Crippen LogP) is 1.49. The first-order chi connectivity index (χ1) is 6.45. The standard InChI is InChI=1S/C10H15N3O/c1-5-6-7-12-13-9(14-7)8(11)10(2,3)4/h8H,11H2,1-4H3/t8-/m0/s1. The monoisotopic (exact) mass is 193 g/mol. The molecule has 0 saturated heterocycles. The molecule has 14 heavy (non-hydrogen) atoms. The molecule has 1 aromatic heterocycles. The Kier molecular flexibility index (Phi) is 2.92. The van der Waals surface area contributed by atoms with Crippen molar-refractivity contribution in [2.75, 3.05) is 0 Å². The van der Waals surface area contributed by atoms with E-state index in [0.29, 0.717) is 11.8 Å². The van der Waals surface area contributed by atoms with Gasteiger partial charge in [-0.15, -0.1) is 5.10 Å². The molecule has 0 radical (unpaired) electrons. The zero-order chi connectivity index (χ0) is 10.8. The minimum Gasteiger partial charge on any atom is -0.413 e. The van der Waals surface area contributed by atoms with Crippen LogP contribution < -0.4 is 5.73 Å². The van der Waals surface area contributed by atoms with Gasteiger partial charge in [-0.25, -0.2) is 0 Å². The third kappa shape index (κ3) is 2.33. The van der Waals surface area contributed by atoms with Gasteiger partial charge in [0.05, 0.1) is 6.04 Å². The molecule has 0 fully saturated rings. The van der Waals surface area contributed by atoms with Gasteiger partial charge in [-0.05, 0) is 18.3 Å². The number of rotatable bonds is 1. The summed E-state index contributed by atoms with van der Waals surface area (Å²) in [5.74, 6) is 6.14. The van der Waals surface area contributed by atoms with Crippen LogP contribution in [0.5, 0.6) is 0 Å². The number of hydrogen-bond acceptors (Lipinski definition) is 4. The Labute approximate surface area is 83.9 Å². The summed E-state index contributed by atoms with van der Waals surface area (Å²) in [7, 11) is 0. The number of nitrogens with two attached hydrogens (primary N) is 1. The molecule has 0 saturated carbocycles. The fraction of sp³-hybridized carbons (Fsp3) is 0.600. The predicted molar refractivity (Wildman–Crippen MR) is 53.2 cm³/mol. The second kappa shape index (κ2) is 3.81. The van der Waals surface area contributed by atoms with Crippen LogP contribution in [0.15, 0.2) is 4.42 Å². The summed E-state index contributed by atoms with van der Waals surface area (Å²) in [6, 6.07) is -0.262. The van der Waals surface area contributed by atoms with E-state index in [2.05, 4.69) is 22.0 Å². The van der Waals surface area contributed by atoms with Gasteiger partial charge in [-0.1, -0.05) is 31.8 Å². The molecule has 76 valence electrons. The maximum atomic E-state index is 5.94. The summed E-state index contributed by atoms with van der Waals surface area (Å²) in [6.45, 7) is 7.78. The van der Waals surface area contributed by atoms with Crippen LogP contribution in [0.1, 0.15) is 45.5 Å². The van der Waals surface area contributed by atoms with Crippen LogP contribution >= 0.6 is 0 Å². The van der Waals surface area contributed by atoms with Gasteiger partial charge in [-0.2, -0.15) is 0 Å². The molecular formula is C10H15N3O. The van der Waals surface area contributed by atoms with Gasteiger partial charge in [0.2, 0.25) is 5.89 Å². The highest BCUT2D eigenvalue weighted by molar-refractivity contribution is 5.15. The van der Waals surface area contributed by atoms with Crippen LogP contribution in [0.25, 0.3) is 0 Å². The first-order valence-electron chi connectivity index (χ1n) is 4.47. The third-order valence-electron chi connectivity index (χ3n) is 1.87. The highest BCUT2D eigenvalue weighted by Gasteiger charge is 2.27. The van der Waals surface area contributed by atoms with E-state index in [4.69, 9.17) is 10.2 Å². The van der Waals surface area contributed by atoms with E-state index in [1.165, 1.54) is 0 Å². The van der Waals surface area contributed by atoms with Gasteiger partial charge in [0, 0.05) is 0 Å². The van der Waals surface area contributed by atoms with Gasteiger partial charge in [-0.3, -0.25) is 0 Å². The molecule has 2 N–H and O–H groups in total. The topological polar surface area (TPSA) is 64.9 Å². The Balaban J connectivity index is 2.90. The van der Waals surface area contributed by atoms with Crippen molar-refractivity contribution in [2.45, 2.75) is 33.7 Å². The molecule has 0 aliphatic carbocycles. The van der Waals surface area contributed by atoms with Crippen LogP contribution in [0, 0.1) is 17.3 Å². The molecule has 4 nitrogen and oxygen atoms in total. The Morgan fingerprint density at radius 3 is 2.50 bits per heavy atom. The summed E-state index contributed by atoms with van der Waals surface area (Å²) < 4.78 is 5.29. The normalized spacial score (nSPS) is 13.2. The van der Waals surface area contributed by atoms with E-state index in [-0.39, 0.29) is 11.5 Å². The van der Waals surface area contributed by atoms with Gasteiger partial charge in [0.1, 0.15) is 0 Å². The second-order valence-electron chi connectivity index (χ2n) is 4.16. The van der Waals surface area contributed by atoms with Crippen LogP contribution in [0.4, 0.5) is 0 Å². The molecule has 0 spiro atoms. The number of aromatic nitrogens is 2. The minimum absolute atomic E-state index is 0.0938. The molecular weight excluding hydrogens is 178 g/mol. The van der Waals surface area contributed by atoms with Crippen molar-refractivity contribution in [3.8, 4) is 11.8 Å². The SMILES string of the molecule is CC#Cc1nnc([C@H](N)C(C)(C)C)o1. The summed E-state index contributed by atoms with van der Waals surface area (Å²) in [5.41, 5.74) is 5.84. The van der Waals surface area contributed by atoms with Crippen molar-refractivity contribution >= 4 is 0 Å². The largest absolute Gasteiger partial charge is 0.413 e. The summed E-state index contributed by atoms with van der Waals surface area (Å²) >= 11 is 0. The molecule has 0 aliphatic rings. The van der Waals surface area contributed by atoms with Crippen molar-refractivity contribution in [1.29, 1.82) is 0 Å². The molecule has 1 atom stereocenters. The average molecular weight is 193 g/mol. The highest BCUT2D eigenvalue weighted by atomic mass is 16.4. The average Bonchev–Trinajstić information content (AvgIpc) is 2.50. The van der Waals surface area contributed by atoms with Gasteiger partial charge in [0.15, 0.2) is 0 Å². The summed E-state index contributed by atoms with van der Waals surface area (Å²) in [4.78, 5) is 0. The molecule has 0 aromatic carbocycles. The molecule has 0 aliphatic heterocycles. The Hall–Kier alpha value is -1.34. The Morgan fingerprint density at radius 1 is 1.36 bits per heavy atom. The zero-order valence-electron chi connectivity index (χ0n) is 8.96. The van der Waals surface area contributed by atoms with Crippen LogP contribution in [0.2, 0.25) is 0 Å². The van der Waals surface area contributed by atoms with Crippen molar-refractivity contribution in [2.24, 2.45) is 11.1 Å². The van der Waals surface area contributed by atoms with Crippen LogP contribution in [-0.2, 0) is 0 Å². The molecule has 0 bridgehead atoms. The summed E-state index contributed by atoms with van der Waals surface area (Å²) in [6.07, 6.45) is 0. The lowest BCUT2D eigenvalue weighted by molar-refractivity contribution is 0.276. The third-order valence-corrected chi connectivity index (χ3v) is 1.87.